The van der Waals surface area contributed by atoms with Crippen molar-refractivity contribution < 1.29 is 4.79 Å². The number of H-pyrrole nitrogens is 1. The highest BCUT2D eigenvalue weighted by molar-refractivity contribution is 5.82. The standard InChI is InChI=1S/C19H22N4O/c1-2-18(23-11-3-9-21-23)19(24)22(16-5-6-16)13-14-4-7-17-15(12-14)8-10-20-17/h3-4,7-12,16,18,20H,2,5-6,13H2,1H3/t18-/m1/s1. The predicted octanol–water partition coefficient (Wildman–Crippen LogP) is 3.51. The van der Waals surface area contributed by atoms with Gasteiger partial charge in [-0.1, -0.05) is 13.0 Å². The van der Waals surface area contributed by atoms with Crippen LogP contribution < -0.4 is 0 Å². The molecule has 5 nitrogen and oxygen atoms in total. The second-order valence-corrected chi connectivity index (χ2v) is 6.51. The summed E-state index contributed by atoms with van der Waals surface area (Å²) in [6, 6.07) is 10.5. The number of nitrogens with one attached hydrogen (secondary N) is 1. The molecule has 2 aromatic heterocycles. The van der Waals surface area contributed by atoms with Crippen molar-refractivity contribution in [3.05, 3.63) is 54.5 Å². The summed E-state index contributed by atoms with van der Waals surface area (Å²) in [5, 5.41) is 5.47. The number of nitrogens with zero attached hydrogens (tertiary/aromatic N) is 3. The highest BCUT2D eigenvalue weighted by atomic mass is 16.2. The van der Waals surface area contributed by atoms with Crippen LogP contribution in [0.1, 0.15) is 37.8 Å². The van der Waals surface area contributed by atoms with E-state index in [0.29, 0.717) is 12.6 Å². The van der Waals surface area contributed by atoms with E-state index in [-0.39, 0.29) is 11.9 Å². The first kappa shape index (κ1) is 15.0. The lowest BCUT2D eigenvalue weighted by atomic mass is 10.1. The van der Waals surface area contributed by atoms with Crippen LogP contribution in [-0.4, -0.2) is 31.6 Å². The molecule has 5 heteroatoms. The Morgan fingerprint density at radius 1 is 1.42 bits per heavy atom. The minimum absolute atomic E-state index is 0.179. The fourth-order valence-electron chi connectivity index (χ4n) is 3.30. The largest absolute Gasteiger partial charge is 0.361 e. The van der Waals surface area contributed by atoms with Crippen LogP contribution in [0, 0.1) is 0 Å². The summed E-state index contributed by atoms with van der Waals surface area (Å²) in [7, 11) is 0. The summed E-state index contributed by atoms with van der Waals surface area (Å²) in [5.41, 5.74) is 2.31. The monoisotopic (exact) mass is 322 g/mol. The Morgan fingerprint density at radius 2 is 2.29 bits per heavy atom. The molecule has 0 aliphatic heterocycles. The molecule has 0 radical (unpaired) electrons. The zero-order chi connectivity index (χ0) is 16.5. The Hall–Kier alpha value is -2.56. The number of hydrogen-bond donors (Lipinski definition) is 1. The van der Waals surface area contributed by atoms with Crippen LogP contribution in [0.4, 0.5) is 0 Å². The average Bonchev–Trinajstić information content (AvgIpc) is 3.09. The van der Waals surface area contributed by atoms with Gasteiger partial charge in [-0.15, -0.1) is 0 Å². The van der Waals surface area contributed by atoms with Crippen LogP contribution >= 0.6 is 0 Å². The molecule has 0 bridgehead atoms. The molecule has 1 aliphatic rings. The number of rotatable bonds is 6. The first-order valence-corrected chi connectivity index (χ1v) is 8.62. The second-order valence-electron chi connectivity index (χ2n) is 6.51. The van der Waals surface area contributed by atoms with Crippen molar-refractivity contribution in [1.82, 2.24) is 19.7 Å². The molecule has 1 aliphatic carbocycles. The summed E-state index contributed by atoms with van der Waals surface area (Å²) < 4.78 is 1.78. The van der Waals surface area contributed by atoms with E-state index in [2.05, 4.69) is 34.3 Å². The lowest BCUT2D eigenvalue weighted by Gasteiger charge is -2.27. The van der Waals surface area contributed by atoms with Gasteiger partial charge in [0.25, 0.3) is 0 Å². The van der Waals surface area contributed by atoms with Gasteiger partial charge in [0, 0.05) is 36.7 Å². The van der Waals surface area contributed by atoms with Crippen molar-refractivity contribution in [2.75, 3.05) is 0 Å². The lowest BCUT2D eigenvalue weighted by Crippen LogP contribution is -2.38. The van der Waals surface area contributed by atoms with Crippen LogP contribution in [0.3, 0.4) is 0 Å². The van der Waals surface area contributed by atoms with Crippen molar-refractivity contribution in [3.8, 4) is 0 Å². The van der Waals surface area contributed by atoms with E-state index < -0.39 is 0 Å². The lowest BCUT2D eigenvalue weighted by molar-refractivity contribution is -0.136. The van der Waals surface area contributed by atoms with Gasteiger partial charge >= 0.3 is 0 Å². The number of amides is 1. The zero-order valence-electron chi connectivity index (χ0n) is 13.9. The number of benzene rings is 1. The Labute approximate surface area is 141 Å². The first-order chi connectivity index (χ1) is 11.8. The van der Waals surface area contributed by atoms with E-state index in [1.807, 2.05) is 30.3 Å². The molecular weight excluding hydrogens is 300 g/mol. The summed E-state index contributed by atoms with van der Waals surface area (Å²) >= 11 is 0. The second kappa shape index (κ2) is 6.15. The van der Waals surface area contributed by atoms with E-state index in [9.17, 15) is 4.79 Å². The van der Waals surface area contributed by atoms with Crippen LogP contribution in [0.15, 0.2) is 48.9 Å². The van der Waals surface area contributed by atoms with Crippen molar-refractivity contribution in [2.24, 2.45) is 0 Å². The molecule has 1 saturated carbocycles. The number of fused-ring (bicyclic) bond motifs is 1. The van der Waals surface area contributed by atoms with Crippen LogP contribution in [0.25, 0.3) is 10.9 Å². The fourth-order valence-corrected chi connectivity index (χ4v) is 3.30. The van der Waals surface area contributed by atoms with Crippen LogP contribution in [0.2, 0.25) is 0 Å². The van der Waals surface area contributed by atoms with Crippen molar-refractivity contribution in [3.63, 3.8) is 0 Å². The SMILES string of the molecule is CC[C@H](C(=O)N(Cc1ccc2[nH]ccc2c1)C1CC1)n1cccn1. The van der Waals surface area contributed by atoms with E-state index in [1.165, 1.54) is 10.9 Å². The maximum Gasteiger partial charge on any atom is 0.247 e. The highest BCUT2D eigenvalue weighted by Crippen LogP contribution is 2.31. The fraction of sp³-hybridized carbons (Fsp3) is 0.368. The predicted molar refractivity (Wildman–Crippen MR) is 93.4 cm³/mol. The molecule has 0 spiro atoms. The minimum Gasteiger partial charge on any atom is -0.361 e. The molecule has 1 fully saturated rings. The molecule has 2 heterocycles. The molecule has 1 amide bonds. The van der Waals surface area contributed by atoms with Gasteiger partial charge in [0.05, 0.1) is 0 Å². The van der Waals surface area contributed by atoms with Crippen molar-refractivity contribution >= 4 is 16.8 Å². The summed E-state index contributed by atoms with van der Waals surface area (Å²) in [6.07, 6.45) is 8.52. The Balaban J connectivity index is 1.58. The molecule has 3 aromatic rings. The van der Waals surface area contributed by atoms with Gasteiger partial charge in [-0.3, -0.25) is 9.48 Å². The van der Waals surface area contributed by atoms with Gasteiger partial charge in [-0.2, -0.15) is 5.10 Å². The van der Waals surface area contributed by atoms with Crippen LogP contribution in [-0.2, 0) is 11.3 Å². The van der Waals surface area contributed by atoms with Gasteiger partial charge in [0.1, 0.15) is 6.04 Å². The maximum absolute atomic E-state index is 13.1. The smallest absolute Gasteiger partial charge is 0.247 e. The third-order valence-corrected chi connectivity index (χ3v) is 4.76. The third-order valence-electron chi connectivity index (χ3n) is 4.76. The molecular formula is C19H22N4O. The summed E-state index contributed by atoms with van der Waals surface area (Å²) in [4.78, 5) is 18.4. The molecule has 1 N–H and O–H groups in total. The normalized spacial score (nSPS) is 15.5. The molecule has 124 valence electrons. The van der Waals surface area contributed by atoms with E-state index >= 15 is 0 Å². The Kier molecular flexibility index (Phi) is 3.84. The van der Waals surface area contributed by atoms with Crippen molar-refractivity contribution in [2.45, 2.75) is 44.8 Å². The molecule has 4 rings (SSSR count). The van der Waals surface area contributed by atoms with Gasteiger partial charge in [-0.05, 0) is 54.5 Å². The number of aromatic amines is 1. The molecule has 1 aromatic carbocycles. The van der Waals surface area contributed by atoms with Gasteiger partial charge < -0.3 is 9.88 Å². The first-order valence-electron chi connectivity index (χ1n) is 8.62. The average molecular weight is 322 g/mol. The number of carbonyl (C=O) groups is 1. The Bertz CT molecular complexity index is 832. The topological polar surface area (TPSA) is 53.9 Å². The molecule has 1 atom stereocenters. The van der Waals surface area contributed by atoms with E-state index in [0.717, 1.165) is 24.8 Å². The highest BCUT2D eigenvalue weighted by Gasteiger charge is 2.36. The zero-order valence-corrected chi connectivity index (χ0v) is 13.9. The quantitative estimate of drug-likeness (QED) is 0.755. The third kappa shape index (κ3) is 2.82. The Morgan fingerprint density at radius 3 is 3.00 bits per heavy atom. The van der Waals surface area contributed by atoms with E-state index in [1.54, 1.807) is 10.9 Å². The van der Waals surface area contributed by atoms with Crippen molar-refractivity contribution in [1.29, 1.82) is 0 Å². The summed E-state index contributed by atoms with van der Waals surface area (Å²) in [6.45, 7) is 2.71. The number of aromatic nitrogens is 3. The van der Waals surface area contributed by atoms with Crippen LogP contribution in [0.5, 0.6) is 0 Å². The van der Waals surface area contributed by atoms with Gasteiger partial charge in [-0.25, -0.2) is 0 Å². The molecule has 24 heavy (non-hydrogen) atoms. The maximum atomic E-state index is 13.1. The molecule has 0 unspecified atom stereocenters. The number of hydrogen-bond acceptors (Lipinski definition) is 2. The number of carbonyl (C=O) groups excluding carboxylic acids is 1. The van der Waals surface area contributed by atoms with Gasteiger partial charge in [0.15, 0.2) is 0 Å². The molecule has 0 saturated heterocycles. The summed E-state index contributed by atoms with van der Waals surface area (Å²) in [5.74, 6) is 0.179. The minimum atomic E-state index is -0.211. The van der Waals surface area contributed by atoms with E-state index in [4.69, 9.17) is 0 Å². The van der Waals surface area contributed by atoms with Gasteiger partial charge in [0.2, 0.25) is 5.91 Å².